The van der Waals surface area contributed by atoms with Gasteiger partial charge in [0.2, 0.25) is 0 Å². The Hall–Kier alpha value is -1.32. The number of aliphatic imine (C=N–C) groups is 2. The van der Waals surface area contributed by atoms with Gasteiger partial charge >= 0.3 is 6.02 Å². The number of hydrogen-bond acceptors (Lipinski definition) is 4. The van der Waals surface area contributed by atoms with Crippen LogP contribution in [-0.2, 0) is 4.74 Å². The molecule has 0 saturated carbocycles. The summed E-state index contributed by atoms with van der Waals surface area (Å²) >= 11 is 0. The van der Waals surface area contributed by atoms with Crippen LogP contribution in [0.3, 0.4) is 0 Å². The third-order valence-corrected chi connectivity index (χ3v) is 2.13. The van der Waals surface area contributed by atoms with Gasteiger partial charge in [-0.05, 0) is 13.8 Å². The second-order valence-electron chi connectivity index (χ2n) is 2.91. The van der Waals surface area contributed by atoms with E-state index >= 15 is 0 Å². The fourth-order valence-corrected chi connectivity index (χ4v) is 1.35. The van der Waals surface area contributed by atoms with Crippen LogP contribution in [-0.4, -0.2) is 37.0 Å². The summed E-state index contributed by atoms with van der Waals surface area (Å²) in [7, 11) is 1.58. The molecule has 4 nitrogen and oxygen atoms in total. The first-order valence-corrected chi connectivity index (χ1v) is 4.91. The molecule has 1 rings (SSSR count). The minimum Gasteiger partial charge on any atom is -0.467 e. The van der Waals surface area contributed by atoms with Crippen molar-refractivity contribution in [2.24, 2.45) is 9.98 Å². The first-order valence-electron chi connectivity index (χ1n) is 4.91. The van der Waals surface area contributed by atoms with Crippen molar-refractivity contribution < 1.29 is 4.74 Å². The number of nitrogens with zero attached hydrogens (tertiary/aromatic N) is 3. The Labute approximate surface area is 85.0 Å². The highest BCUT2D eigenvalue weighted by Crippen LogP contribution is 2.03. The Balaban J connectivity index is 2.82. The van der Waals surface area contributed by atoms with Crippen LogP contribution in [0, 0.1) is 0 Å². The number of rotatable bonds is 2. The summed E-state index contributed by atoms with van der Waals surface area (Å²) in [6.45, 7) is 6.15. The molecule has 0 saturated heterocycles. The van der Waals surface area contributed by atoms with Gasteiger partial charge in [0.15, 0.2) is 0 Å². The molecule has 78 valence electrons. The molecule has 1 aliphatic rings. The number of methoxy groups -OCH3 is 1. The van der Waals surface area contributed by atoms with Crippen molar-refractivity contribution in [3.63, 3.8) is 0 Å². The van der Waals surface area contributed by atoms with Crippen molar-refractivity contribution in [2.45, 2.75) is 20.3 Å². The summed E-state index contributed by atoms with van der Waals surface area (Å²) in [6.07, 6.45) is 4.54. The van der Waals surface area contributed by atoms with E-state index in [0.29, 0.717) is 6.02 Å². The lowest BCUT2D eigenvalue weighted by molar-refractivity contribution is 0.394. The largest absolute Gasteiger partial charge is 0.467 e. The summed E-state index contributed by atoms with van der Waals surface area (Å²) in [4.78, 5) is 10.6. The van der Waals surface area contributed by atoms with Crippen molar-refractivity contribution in [1.82, 2.24) is 4.90 Å². The molecule has 0 spiro atoms. The Morgan fingerprint density at radius 2 is 2.14 bits per heavy atom. The van der Waals surface area contributed by atoms with E-state index in [1.54, 1.807) is 13.3 Å². The van der Waals surface area contributed by atoms with E-state index in [1.165, 1.54) is 0 Å². The van der Waals surface area contributed by atoms with Gasteiger partial charge in [-0.25, -0.2) is 4.99 Å². The highest BCUT2D eigenvalue weighted by molar-refractivity contribution is 5.95. The molecular weight excluding hydrogens is 178 g/mol. The topological polar surface area (TPSA) is 37.2 Å². The molecule has 0 unspecified atom stereocenters. The molecule has 14 heavy (non-hydrogen) atoms. The van der Waals surface area contributed by atoms with Gasteiger partial charge in [0.05, 0.1) is 7.11 Å². The molecule has 0 aromatic heterocycles. The van der Waals surface area contributed by atoms with E-state index in [2.05, 4.69) is 28.7 Å². The molecule has 0 N–H and O–H groups in total. The molecule has 1 aliphatic heterocycles. The average molecular weight is 195 g/mol. The normalized spacial score (nSPS) is 15.6. The molecule has 4 heteroatoms. The third-order valence-electron chi connectivity index (χ3n) is 2.13. The van der Waals surface area contributed by atoms with Gasteiger partial charge in [-0.15, -0.1) is 0 Å². The Morgan fingerprint density at radius 3 is 2.71 bits per heavy atom. The molecule has 0 fully saturated rings. The van der Waals surface area contributed by atoms with Crippen molar-refractivity contribution >= 4 is 11.9 Å². The summed E-state index contributed by atoms with van der Waals surface area (Å²) in [5.41, 5.74) is 0. The lowest BCUT2D eigenvalue weighted by atomic mass is 10.3. The zero-order valence-electron chi connectivity index (χ0n) is 9.03. The quantitative estimate of drug-likeness (QED) is 0.671. The van der Waals surface area contributed by atoms with E-state index < -0.39 is 0 Å². The van der Waals surface area contributed by atoms with E-state index in [9.17, 15) is 0 Å². The SMILES string of the molecule is CCN(CC)C1=NC(OC)=NC=CC1. The second-order valence-corrected chi connectivity index (χ2v) is 2.91. The lowest BCUT2D eigenvalue weighted by Gasteiger charge is -2.21. The third kappa shape index (κ3) is 2.58. The smallest absolute Gasteiger partial charge is 0.317 e. The molecule has 0 aromatic rings. The molecule has 0 aromatic carbocycles. The van der Waals surface area contributed by atoms with Gasteiger partial charge in [-0.1, -0.05) is 6.08 Å². The fraction of sp³-hybridized carbons (Fsp3) is 0.600. The van der Waals surface area contributed by atoms with Gasteiger partial charge in [-0.2, -0.15) is 4.99 Å². The maximum absolute atomic E-state index is 5.03. The second kappa shape index (κ2) is 5.42. The van der Waals surface area contributed by atoms with Gasteiger partial charge in [0.1, 0.15) is 5.84 Å². The summed E-state index contributed by atoms with van der Waals surface area (Å²) in [6, 6.07) is 0.431. The van der Waals surface area contributed by atoms with Crippen LogP contribution in [0.25, 0.3) is 0 Å². The van der Waals surface area contributed by atoms with Crippen LogP contribution in [0.4, 0.5) is 0 Å². The maximum Gasteiger partial charge on any atom is 0.317 e. The summed E-state index contributed by atoms with van der Waals surface area (Å²) in [5.74, 6) is 1.02. The van der Waals surface area contributed by atoms with Gasteiger partial charge in [-0.3, -0.25) is 0 Å². The van der Waals surface area contributed by atoms with E-state index in [1.807, 2.05) is 6.08 Å². The minimum atomic E-state index is 0.431. The molecule has 1 heterocycles. The molecular formula is C10H17N3O. The van der Waals surface area contributed by atoms with Crippen molar-refractivity contribution in [1.29, 1.82) is 0 Å². The highest BCUT2D eigenvalue weighted by Gasteiger charge is 2.09. The van der Waals surface area contributed by atoms with Crippen molar-refractivity contribution in [3.8, 4) is 0 Å². The molecule has 0 aliphatic carbocycles. The van der Waals surface area contributed by atoms with E-state index in [4.69, 9.17) is 4.74 Å². The predicted octanol–water partition coefficient (Wildman–Crippen LogP) is 1.65. The zero-order chi connectivity index (χ0) is 10.4. The lowest BCUT2D eigenvalue weighted by Crippen LogP contribution is -2.30. The van der Waals surface area contributed by atoms with Crippen LogP contribution >= 0.6 is 0 Å². The van der Waals surface area contributed by atoms with Crippen LogP contribution in [0.1, 0.15) is 20.3 Å². The van der Waals surface area contributed by atoms with Crippen LogP contribution < -0.4 is 0 Å². The Kier molecular flexibility index (Phi) is 4.16. The number of amidine groups is 2. The monoisotopic (exact) mass is 195 g/mol. The Bertz CT molecular complexity index is 265. The standard InChI is InChI=1S/C10H17N3O/c1-4-13(5-2)9-7-6-8-11-10(12-9)14-3/h6,8H,4-5,7H2,1-3H3. The van der Waals surface area contributed by atoms with Gasteiger partial charge in [0, 0.05) is 25.7 Å². The van der Waals surface area contributed by atoms with E-state index in [0.717, 1.165) is 25.3 Å². The number of hydrogen-bond donors (Lipinski definition) is 0. The first kappa shape index (κ1) is 10.8. The van der Waals surface area contributed by atoms with Crippen LogP contribution in [0.2, 0.25) is 0 Å². The number of ether oxygens (including phenoxy) is 1. The average Bonchev–Trinajstić information content (AvgIpc) is 2.45. The molecule has 0 atom stereocenters. The highest BCUT2D eigenvalue weighted by atomic mass is 16.5. The van der Waals surface area contributed by atoms with E-state index in [-0.39, 0.29) is 0 Å². The summed E-state index contributed by atoms with van der Waals surface area (Å²) < 4.78 is 5.03. The molecule has 0 amide bonds. The van der Waals surface area contributed by atoms with Gasteiger partial charge in [0.25, 0.3) is 0 Å². The van der Waals surface area contributed by atoms with Crippen LogP contribution in [0.15, 0.2) is 22.3 Å². The minimum absolute atomic E-state index is 0.431. The predicted molar refractivity (Wildman–Crippen MR) is 58.6 cm³/mol. The van der Waals surface area contributed by atoms with Crippen molar-refractivity contribution in [2.75, 3.05) is 20.2 Å². The maximum atomic E-state index is 5.03. The van der Waals surface area contributed by atoms with Crippen molar-refractivity contribution in [3.05, 3.63) is 12.3 Å². The fourth-order valence-electron chi connectivity index (χ4n) is 1.35. The summed E-state index contributed by atoms with van der Waals surface area (Å²) in [5, 5.41) is 0. The first-order chi connectivity index (χ1) is 6.81. The molecule has 0 radical (unpaired) electrons. The van der Waals surface area contributed by atoms with Crippen LogP contribution in [0.5, 0.6) is 0 Å². The zero-order valence-corrected chi connectivity index (χ0v) is 9.03. The van der Waals surface area contributed by atoms with Gasteiger partial charge < -0.3 is 9.64 Å². The molecule has 0 bridgehead atoms. The Morgan fingerprint density at radius 1 is 1.43 bits per heavy atom.